The van der Waals surface area contributed by atoms with E-state index in [1.165, 1.54) is 11.9 Å². The Morgan fingerprint density at radius 1 is 1.03 bits per heavy atom. The van der Waals surface area contributed by atoms with Gasteiger partial charge in [0, 0.05) is 35.4 Å². The van der Waals surface area contributed by atoms with Crippen molar-refractivity contribution in [2.75, 3.05) is 7.11 Å². The number of rotatable bonds is 4. The molecule has 0 bridgehead atoms. The Morgan fingerprint density at radius 3 is 2.50 bits per heavy atom. The van der Waals surface area contributed by atoms with Gasteiger partial charge in [-0.15, -0.1) is 0 Å². The minimum atomic E-state index is -0.361. The molecule has 0 saturated carbocycles. The standard InChI is InChI=1S/C28H25N3O3/c1-17-13-14-20-22(15-17)29-28(33)27(26(20)19-9-5-4-6-10-19)23-16-24(31(30-23)18(2)32)21-11-7-8-12-25(21)34-3/h4-15,24H,16H2,1-3H3,(H,29,33)/t24-/m0/s1. The lowest BCUT2D eigenvalue weighted by Crippen LogP contribution is -2.24. The fourth-order valence-electron chi connectivity index (χ4n) is 4.73. The summed E-state index contributed by atoms with van der Waals surface area (Å²) in [4.78, 5) is 29.1. The summed E-state index contributed by atoms with van der Waals surface area (Å²) in [7, 11) is 1.61. The number of fused-ring (bicyclic) bond motifs is 1. The number of carbonyl (C=O) groups excluding carboxylic acids is 1. The van der Waals surface area contributed by atoms with Crippen molar-refractivity contribution in [3.8, 4) is 16.9 Å². The van der Waals surface area contributed by atoms with Crippen molar-refractivity contribution in [1.29, 1.82) is 0 Å². The number of benzene rings is 3. The molecule has 34 heavy (non-hydrogen) atoms. The number of aromatic amines is 1. The normalized spacial score (nSPS) is 15.4. The number of hydrogen-bond donors (Lipinski definition) is 1. The van der Waals surface area contributed by atoms with Gasteiger partial charge in [-0.05, 0) is 30.2 Å². The summed E-state index contributed by atoms with van der Waals surface area (Å²) in [6.45, 7) is 3.48. The van der Waals surface area contributed by atoms with Crippen molar-refractivity contribution < 1.29 is 9.53 Å². The number of ether oxygens (including phenoxy) is 1. The molecule has 4 aromatic rings. The molecular formula is C28H25N3O3. The number of hydrogen-bond acceptors (Lipinski definition) is 4. The Hall–Kier alpha value is -4.19. The Labute approximate surface area is 197 Å². The lowest BCUT2D eigenvalue weighted by molar-refractivity contribution is -0.130. The average molecular weight is 452 g/mol. The van der Waals surface area contributed by atoms with E-state index in [4.69, 9.17) is 4.74 Å². The summed E-state index contributed by atoms with van der Waals surface area (Å²) >= 11 is 0. The number of nitrogens with one attached hydrogen (secondary N) is 1. The maximum absolute atomic E-state index is 13.5. The highest BCUT2D eigenvalue weighted by Crippen LogP contribution is 2.39. The van der Waals surface area contributed by atoms with Crippen molar-refractivity contribution in [2.45, 2.75) is 26.3 Å². The van der Waals surface area contributed by atoms with Crippen LogP contribution in [0.3, 0.4) is 0 Å². The number of aryl methyl sites for hydroxylation is 1. The molecule has 2 heterocycles. The summed E-state index contributed by atoms with van der Waals surface area (Å²) in [6.07, 6.45) is 0.403. The van der Waals surface area contributed by atoms with E-state index in [0.29, 0.717) is 23.4 Å². The van der Waals surface area contributed by atoms with Crippen LogP contribution in [0.2, 0.25) is 0 Å². The first kappa shape index (κ1) is 21.6. The van der Waals surface area contributed by atoms with Gasteiger partial charge in [-0.3, -0.25) is 9.59 Å². The molecule has 1 aromatic heterocycles. The van der Waals surface area contributed by atoms with E-state index in [9.17, 15) is 9.59 Å². The molecule has 5 rings (SSSR count). The molecule has 0 spiro atoms. The van der Waals surface area contributed by atoms with E-state index >= 15 is 0 Å². The van der Waals surface area contributed by atoms with Crippen LogP contribution in [0.1, 0.15) is 36.1 Å². The van der Waals surface area contributed by atoms with Crippen LogP contribution < -0.4 is 10.3 Å². The van der Waals surface area contributed by atoms with E-state index in [1.54, 1.807) is 7.11 Å². The molecule has 6 nitrogen and oxygen atoms in total. The largest absolute Gasteiger partial charge is 0.496 e. The second kappa shape index (κ2) is 8.63. The van der Waals surface area contributed by atoms with Gasteiger partial charge in [-0.25, -0.2) is 5.01 Å². The number of hydrazone groups is 1. The molecule has 0 unspecified atom stereocenters. The third-order valence-electron chi connectivity index (χ3n) is 6.25. The third kappa shape index (κ3) is 3.67. The van der Waals surface area contributed by atoms with Crippen molar-refractivity contribution in [1.82, 2.24) is 9.99 Å². The Morgan fingerprint density at radius 2 is 1.76 bits per heavy atom. The fourth-order valence-corrected chi connectivity index (χ4v) is 4.73. The van der Waals surface area contributed by atoms with Crippen LogP contribution in [0, 0.1) is 6.92 Å². The van der Waals surface area contributed by atoms with Crippen molar-refractivity contribution in [3.63, 3.8) is 0 Å². The number of amides is 1. The molecule has 0 saturated heterocycles. The predicted molar refractivity (Wildman–Crippen MR) is 134 cm³/mol. The molecule has 1 aliphatic rings. The number of nitrogens with zero attached hydrogens (tertiary/aromatic N) is 2. The van der Waals surface area contributed by atoms with E-state index < -0.39 is 0 Å². The molecule has 0 aliphatic carbocycles. The third-order valence-corrected chi connectivity index (χ3v) is 6.25. The molecule has 1 N–H and O–H groups in total. The first-order chi connectivity index (χ1) is 16.5. The van der Waals surface area contributed by atoms with Gasteiger partial charge < -0.3 is 9.72 Å². The highest BCUT2D eigenvalue weighted by Gasteiger charge is 2.35. The van der Waals surface area contributed by atoms with E-state index in [2.05, 4.69) is 10.1 Å². The molecule has 0 radical (unpaired) electrons. The summed E-state index contributed by atoms with van der Waals surface area (Å²) in [5.74, 6) is 0.487. The van der Waals surface area contributed by atoms with E-state index in [0.717, 1.165) is 33.2 Å². The van der Waals surface area contributed by atoms with Gasteiger partial charge in [0.25, 0.3) is 5.56 Å². The highest BCUT2D eigenvalue weighted by molar-refractivity contribution is 6.12. The molecular weight excluding hydrogens is 426 g/mol. The monoisotopic (exact) mass is 451 g/mol. The Bertz CT molecular complexity index is 1490. The van der Waals surface area contributed by atoms with Gasteiger partial charge in [-0.1, -0.05) is 60.7 Å². The zero-order valence-electron chi connectivity index (χ0n) is 19.3. The average Bonchev–Trinajstić information content (AvgIpc) is 3.28. The minimum Gasteiger partial charge on any atom is -0.496 e. The predicted octanol–water partition coefficient (Wildman–Crippen LogP) is 5.21. The zero-order chi connectivity index (χ0) is 23.8. The number of pyridine rings is 1. The SMILES string of the molecule is COc1ccccc1[C@@H]1CC(c2c(-c3ccccc3)c3ccc(C)cc3[nH]c2=O)=NN1C(C)=O. The van der Waals surface area contributed by atoms with Gasteiger partial charge in [0.15, 0.2) is 0 Å². The minimum absolute atomic E-state index is 0.194. The quantitative estimate of drug-likeness (QED) is 0.463. The second-order valence-corrected chi connectivity index (χ2v) is 8.49. The maximum Gasteiger partial charge on any atom is 0.258 e. The Balaban J connectivity index is 1.74. The van der Waals surface area contributed by atoms with Gasteiger partial charge in [0.1, 0.15) is 5.75 Å². The van der Waals surface area contributed by atoms with Crippen LogP contribution in [0.5, 0.6) is 5.75 Å². The summed E-state index contributed by atoms with van der Waals surface area (Å²) < 4.78 is 5.56. The van der Waals surface area contributed by atoms with Crippen molar-refractivity contribution >= 4 is 22.5 Å². The summed E-state index contributed by atoms with van der Waals surface area (Å²) in [6, 6.07) is 23.1. The molecule has 3 aromatic carbocycles. The number of methoxy groups -OCH3 is 1. The summed E-state index contributed by atoms with van der Waals surface area (Å²) in [5.41, 5.74) is 5.29. The fraction of sp³-hybridized carbons (Fsp3) is 0.179. The number of H-pyrrole nitrogens is 1. The van der Waals surface area contributed by atoms with E-state index in [1.807, 2.05) is 79.7 Å². The van der Waals surface area contributed by atoms with Crippen molar-refractivity contribution in [3.05, 3.63) is 99.8 Å². The van der Waals surface area contributed by atoms with Crippen LogP contribution in [-0.4, -0.2) is 28.7 Å². The highest BCUT2D eigenvalue weighted by atomic mass is 16.5. The van der Waals surface area contributed by atoms with Gasteiger partial charge >= 0.3 is 0 Å². The summed E-state index contributed by atoms with van der Waals surface area (Å²) in [5, 5.41) is 7.08. The molecule has 170 valence electrons. The smallest absolute Gasteiger partial charge is 0.258 e. The zero-order valence-corrected chi connectivity index (χ0v) is 19.3. The van der Waals surface area contributed by atoms with Gasteiger partial charge in [-0.2, -0.15) is 5.10 Å². The second-order valence-electron chi connectivity index (χ2n) is 8.49. The van der Waals surface area contributed by atoms with Crippen LogP contribution in [0.15, 0.2) is 82.7 Å². The van der Waals surface area contributed by atoms with E-state index in [-0.39, 0.29) is 17.5 Å². The lowest BCUT2D eigenvalue weighted by Gasteiger charge is -2.22. The topological polar surface area (TPSA) is 74.8 Å². The maximum atomic E-state index is 13.5. The van der Waals surface area contributed by atoms with Crippen molar-refractivity contribution in [2.24, 2.45) is 5.10 Å². The number of aromatic nitrogens is 1. The van der Waals surface area contributed by atoms with Crippen LogP contribution in [0.4, 0.5) is 0 Å². The Kier molecular flexibility index (Phi) is 5.49. The number of para-hydroxylation sites is 1. The van der Waals surface area contributed by atoms with Crippen LogP contribution in [0.25, 0.3) is 22.0 Å². The number of carbonyl (C=O) groups is 1. The first-order valence-electron chi connectivity index (χ1n) is 11.2. The first-order valence-corrected chi connectivity index (χ1v) is 11.2. The molecule has 1 aliphatic heterocycles. The van der Waals surface area contributed by atoms with Crippen LogP contribution >= 0.6 is 0 Å². The molecule has 1 amide bonds. The molecule has 1 atom stereocenters. The lowest BCUT2D eigenvalue weighted by atomic mass is 9.90. The van der Waals surface area contributed by atoms with Gasteiger partial charge in [0.2, 0.25) is 5.91 Å². The molecule has 6 heteroatoms. The molecule has 0 fully saturated rings. The van der Waals surface area contributed by atoms with Gasteiger partial charge in [0.05, 0.1) is 24.4 Å². The van der Waals surface area contributed by atoms with Crippen LogP contribution in [-0.2, 0) is 4.79 Å².